The van der Waals surface area contributed by atoms with Crippen molar-refractivity contribution in [2.45, 2.75) is 0 Å². The summed E-state index contributed by atoms with van der Waals surface area (Å²) in [5.41, 5.74) is 0.502. The number of ether oxygens (including phenoxy) is 2. The fourth-order valence-corrected chi connectivity index (χ4v) is 2.88. The maximum Gasteiger partial charge on any atom is 0.324 e. The van der Waals surface area contributed by atoms with E-state index in [-0.39, 0.29) is 0 Å². The lowest BCUT2D eigenvalue weighted by Crippen LogP contribution is -2.44. The summed E-state index contributed by atoms with van der Waals surface area (Å²) in [6.45, 7) is 3.73. The highest BCUT2D eigenvalue weighted by molar-refractivity contribution is 6.00. The van der Waals surface area contributed by atoms with Gasteiger partial charge in [0, 0.05) is 32.2 Å². The van der Waals surface area contributed by atoms with Crippen LogP contribution in [0.25, 0.3) is 0 Å². The smallest absolute Gasteiger partial charge is 0.324 e. The Kier molecular flexibility index (Phi) is 5.92. The second-order valence-electron chi connectivity index (χ2n) is 6.17. The van der Waals surface area contributed by atoms with E-state index in [1.807, 2.05) is 0 Å². The topological polar surface area (TPSA) is 91.9 Å². The molecule has 0 spiro atoms. The number of piperazine rings is 1. The van der Waals surface area contributed by atoms with Crippen LogP contribution in [0.3, 0.4) is 0 Å². The molecule has 1 fully saturated rings. The van der Waals surface area contributed by atoms with Crippen LogP contribution in [0.2, 0.25) is 0 Å². The number of nitrogens with one attached hydrogen (secondary N) is 2. The monoisotopic (exact) mass is 372 g/mol. The number of aromatic nitrogens is 2. The van der Waals surface area contributed by atoms with Gasteiger partial charge >= 0.3 is 6.03 Å². The van der Waals surface area contributed by atoms with Gasteiger partial charge in [-0.15, -0.1) is 0 Å². The maximum atomic E-state index is 12.4. The number of hydrogen-bond donors (Lipinski definition) is 2. The average Bonchev–Trinajstić information content (AvgIpc) is 2.68. The molecule has 2 N–H and O–H groups in total. The summed E-state index contributed by atoms with van der Waals surface area (Å²) < 4.78 is 10.6. The predicted octanol–water partition coefficient (Wildman–Crippen LogP) is 1.89. The van der Waals surface area contributed by atoms with Crippen molar-refractivity contribution in [3.63, 3.8) is 0 Å². The van der Waals surface area contributed by atoms with Crippen LogP contribution >= 0.6 is 0 Å². The lowest BCUT2D eigenvalue weighted by atomic mass is 10.2. The zero-order valence-corrected chi connectivity index (χ0v) is 15.7. The third kappa shape index (κ3) is 4.56. The molecule has 2 amide bonds. The quantitative estimate of drug-likeness (QED) is 0.828. The molecule has 1 aromatic heterocycles. The standard InChI is InChI=1S/C18H24N6O3/c1-23-7-9-24(10-8-23)16-11-15(19-12-20-16)22-18(25)21-13-5-4-6-14(26-2)17(13)27-3/h4-6,11-12H,7-10H2,1-3H3,(H2,19,20,21,22,25). The number of likely N-dealkylation sites (N-methyl/N-ethyl adjacent to an activating group) is 1. The molecular weight excluding hydrogens is 348 g/mol. The summed E-state index contributed by atoms with van der Waals surface area (Å²) in [5, 5.41) is 5.49. The molecule has 27 heavy (non-hydrogen) atoms. The average molecular weight is 372 g/mol. The van der Waals surface area contributed by atoms with Crippen LogP contribution in [0.4, 0.5) is 22.1 Å². The number of nitrogens with zero attached hydrogens (tertiary/aromatic N) is 4. The molecule has 9 heteroatoms. The third-order valence-electron chi connectivity index (χ3n) is 4.37. The number of carbonyl (C=O) groups excluding carboxylic acids is 1. The first-order valence-electron chi connectivity index (χ1n) is 8.65. The minimum absolute atomic E-state index is 0.426. The molecule has 2 heterocycles. The molecule has 0 unspecified atom stereocenters. The number of benzene rings is 1. The van der Waals surface area contributed by atoms with Crippen molar-refractivity contribution in [1.82, 2.24) is 14.9 Å². The molecular formula is C18H24N6O3. The first kappa shape index (κ1) is 18.7. The predicted molar refractivity (Wildman–Crippen MR) is 104 cm³/mol. The normalized spacial score (nSPS) is 14.6. The first-order valence-corrected chi connectivity index (χ1v) is 8.65. The molecule has 3 rings (SSSR count). The van der Waals surface area contributed by atoms with Gasteiger partial charge in [-0.1, -0.05) is 6.07 Å². The number of amides is 2. The van der Waals surface area contributed by atoms with Gasteiger partial charge in [0.15, 0.2) is 11.5 Å². The largest absolute Gasteiger partial charge is 0.493 e. The second kappa shape index (κ2) is 8.54. The summed E-state index contributed by atoms with van der Waals surface area (Å²) in [6, 6.07) is 6.61. The number of urea groups is 1. The Labute approximate surface area is 158 Å². The highest BCUT2D eigenvalue weighted by Crippen LogP contribution is 2.34. The number of methoxy groups -OCH3 is 2. The SMILES string of the molecule is COc1cccc(NC(=O)Nc2cc(N3CCN(C)CC3)ncn2)c1OC. The van der Waals surface area contributed by atoms with Gasteiger partial charge < -0.3 is 24.6 Å². The minimum Gasteiger partial charge on any atom is -0.493 e. The molecule has 0 bridgehead atoms. The van der Waals surface area contributed by atoms with Gasteiger partial charge in [-0.25, -0.2) is 14.8 Å². The van der Waals surface area contributed by atoms with E-state index in [1.165, 1.54) is 13.4 Å². The number of hydrogen-bond acceptors (Lipinski definition) is 7. The Morgan fingerprint density at radius 1 is 1.07 bits per heavy atom. The molecule has 9 nitrogen and oxygen atoms in total. The third-order valence-corrected chi connectivity index (χ3v) is 4.37. The zero-order valence-electron chi connectivity index (χ0n) is 15.7. The van der Waals surface area contributed by atoms with Gasteiger partial charge in [0.05, 0.1) is 19.9 Å². The van der Waals surface area contributed by atoms with Crippen LogP contribution in [-0.4, -0.2) is 68.3 Å². The highest BCUT2D eigenvalue weighted by atomic mass is 16.5. The van der Waals surface area contributed by atoms with Gasteiger partial charge in [0.25, 0.3) is 0 Å². The van der Waals surface area contributed by atoms with Crippen molar-refractivity contribution >= 4 is 23.4 Å². The van der Waals surface area contributed by atoms with Crippen molar-refractivity contribution in [3.8, 4) is 11.5 Å². The Balaban J connectivity index is 1.67. The van der Waals surface area contributed by atoms with Crippen LogP contribution in [0.15, 0.2) is 30.6 Å². The molecule has 1 aliphatic rings. The number of para-hydroxylation sites is 1. The number of anilines is 3. The minimum atomic E-state index is -0.426. The van der Waals surface area contributed by atoms with Gasteiger partial charge in [0.2, 0.25) is 0 Å². The van der Waals surface area contributed by atoms with E-state index in [1.54, 1.807) is 31.4 Å². The van der Waals surface area contributed by atoms with E-state index >= 15 is 0 Å². The van der Waals surface area contributed by atoms with Gasteiger partial charge in [-0.3, -0.25) is 5.32 Å². The molecule has 1 aromatic carbocycles. The van der Waals surface area contributed by atoms with Crippen molar-refractivity contribution in [3.05, 3.63) is 30.6 Å². The number of carbonyl (C=O) groups is 1. The summed E-state index contributed by atoms with van der Waals surface area (Å²) in [5.74, 6) is 2.22. The van der Waals surface area contributed by atoms with Crippen molar-refractivity contribution < 1.29 is 14.3 Å². The van der Waals surface area contributed by atoms with Crippen LogP contribution in [0.1, 0.15) is 0 Å². The molecule has 0 aliphatic carbocycles. The molecule has 1 saturated heterocycles. The fourth-order valence-electron chi connectivity index (χ4n) is 2.88. The molecule has 144 valence electrons. The van der Waals surface area contributed by atoms with E-state index < -0.39 is 6.03 Å². The first-order chi connectivity index (χ1) is 13.1. The van der Waals surface area contributed by atoms with Crippen LogP contribution < -0.4 is 25.0 Å². The molecule has 0 radical (unpaired) electrons. The van der Waals surface area contributed by atoms with Gasteiger partial charge in [0.1, 0.15) is 18.0 Å². The molecule has 1 aliphatic heterocycles. The van der Waals surface area contributed by atoms with E-state index in [0.717, 1.165) is 32.0 Å². The Hall–Kier alpha value is -3.07. The Morgan fingerprint density at radius 2 is 1.85 bits per heavy atom. The summed E-state index contributed by atoms with van der Waals surface area (Å²) >= 11 is 0. The van der Waals surface area contributed by atoms with Crippen LogP contribution in [0.5, 0.6) is 11.5 Å². The van der Waals surface area contributed by atoms with Crippen LogP contribution in [-0.2, 0) is 0 Å². The van der Waals surface area contributed by atoms with E-state index in [4.69, 9.17) is 9.47 Å². The van der Waals surface area contributed by atoms with E-state index in [0.29, 0.717) is 23.0 Å². The van der Waals surface area contributed by atoms with Crippen molar-refractivity contribution in [1.29, 1.82) is 0 Å². The summed E-state index contributed by atoms with van der Waals surface area (Å²) in [7, 11) is 5.16. The Morgan fingerprint density at radius 3 is 2.56 bits per heavy atom. The fraction of sp³-hybridized carbons (Fsp3) is 0.389. The van der Waals surface area contributed by atoms with Crippen molar-refractivity contribution in [2.24, 2.45) is 0 Å². The maximum absolute atomic E-state index is 12.4. The van der Waals surface area contributed by atoms with Gasteiger partial charge in [-0.2, -0.15) is 0 Å². The lowest BCUT2D eigenvalue weighted by molar-refractivity contribution is 0.262. The van der Waals surface area contributed by atoms with E-state index in [2.05, 4.69) is 37.4 Å². The molecule has 2 aromatic rings. The summed E-state index contributed by atoms with van der Waals surface area (Å²) in [6.07, 6.45) is 1.45. The summed E-state index contributed by atoms with van der Waals surface area (Å²) in [4.78, 5) is 25.3. The highest BCUT2D eigenvalue weighted by Gasteiger charge is 2.17. The molecule has 0 atom stereocenters. The zero-order chi connectivity index (χ0) is 19.2. The van der Waals surface area contributed by atoms with Gasteiger partial charge in [-0.05, 0) is 19.2 Å². The number of rotatable bonds is 5. The Bertz CT molecular complexity index is 792. The molecule has 0 saturated carbocycles. The second-order valence-corrected chi connectivity index (χ2v) is 6.17. The van der Waals surface area contributed by atoms with E-state index in [9.17, 15) is 4.79 Å². The lowest BCUT2D eigenvalue weighted by Gasteiger charge is -2.33. The van der Waals surface area contributed by atoms with Crippen molar-refractivity contribution in [2.75, 3.05) is 63.0 Å². The van der Waals surface area contributed by atoms with Crippen LogP contribution in [0, 0.1) is 0 Å².